The van der Waals surface area contributed by atoms with Crippen molar-refractivity contribution >= 4 is 51.1 Å². The number of aliphatic hydroxyl groups is 1. The summed E-state index contributed by atoms with van der Waals surface area (Å²) in [5.74, 6) is -0.583. The second-order valence-corrected chi connectivity index (χ2v) is 14.6. The predicted octanol–water partition coefficient (Wildman–Crippen LogP) is 4.61. The van der Waals surface area contributed by atoms with Crippen molar-refractivity contribution in [2.75, 3.05) is 24.5 Å². The van der Waals surface area contributed by atoms with Gasteiger partial charge in [0.15, 0.2) is 0 Å². The van der Waals surface area contributed by atoms with Crippen molar-refractivity contribution in [3.05, 3.63) is 95.6 Å². The molecule has 4 rings (SSSR count). The van der Waals surface area contributed by atoms with Crippen LogP contribution in [0.15, 0.2) is 83.7 Å². The third kappa shape index (κ3) is 9.53. The molecule has 1 aliphatic rings. The van der Waals surface area contributed by atoms with Crippen LogP contribution in [0, 0.1) is 11.3 Å². The van der Waals surface area contributed by atoms with Crippen molar-refractivity contribution in [1.82, 2.24) is 10.2 Å². The molecule has 2 amide bonds. The van der Waals surface area contributed by atoms with Crippen LogP contribution < -0.4 is 20.7 Å². The Labute approximate surface area is 292 Å². The predicted molar refractivity (Wildman–Crippen MR) is 184 cm³/mol. The van der Waals surface area contributed by atoms with E-state index in [0.29, 0.717) is 11.3 Å². The highest BCUT2D eigenvalue weighted by Crippen LogP contribution is 2.56. The molecule has 1 aliphatic heterocycles. The molecule has 50 heavy (non-hydrogen) atoms. The van der Waals surface area contributed by atoms with Gasteiger partial charge in [0.2, 0.25) is 19.5 Å². The molecule has 2 atom stereocenters. The zero-order valence-corrected chi connectivity index (χ0v) is 29.0. The molecule has 1 fully saturated rings. The molecule has 0 bridgehead atoms. The van der Waals surface area contributed by atoms with Crippen molar-refractivity contribution in [2.24, 2.45) is 10.8 Å². The molecule has 3 aromatic carbocycles. The molecule has 15 nitrogen and oxygen atoms in total. The number of nitrogens with two attached hydrogens (primary N) is 1. The van der Waals surface area contributed by atoms with Crippen LogP contribution in [0.3, 0.4) is 0 Å². The molecule has 0 aromatic heterocycles. The van der Waals surface area contributed by atoms with Crippen molar-refractivity contribution in [2.45, 2.75) is 31.1 Å². The monoisotopic (exact) mass is 746 g/mol. The van der Waals surface area contributed by atoms with Crippen LogP contribution in [-0.2, 0) is 31.6 Å². The van der Waals surface area contributed by atoms with Gasteiger partial charge in [0.05, 0.1) is 31.0 Å². The normalized spacial score (nSPS) is 16.0. The number of hydrogen-bond donors (Lipinski definition) is 6. The highest BCUT2D eigenvalue weighted by atomic mass is 32.1. The van der Waals surface area contributed by atoms with E-state index in [-0.39, 0.29) is 59.8 Å². The summed E-state index contributed by atoms with van der Waals surface area (Å²) in [5, 5.41) is 13.3. The first kappa shape index (κ1) is 38.2. The Morgan fingerprint density at radius 2 is 1.90 bits per heavy atom. The van der Waals surface area contributed by atoms with E-state index in [9.17, 15) is 33.6 Å². The Morgan fingerprint density at radius 1 is 1.24 bits per heavy atom. The molecule has 1 saturated heterocycles. The molecule has 0 aliphatic carbocycles. The summed E-state index contributed by atoms with van der Waals surface area (Å²) in [6.45, 7) is 1.82. The van der Waals surface area contributed by atoms with Gasteiger partial charge < -0.3 is 40.3 Å². The molecule has 0 spiro atoms. The largest absolute Gasteiger partial charge is 0.442 e. The molecule has 1 unspecified atom stereocenters. The summed E-state index contributed by atoms with van der Waals surface area (Å²) in [7, 11) is -6.23. The zero-order chi connectivity index (χ0) is 36.6. The van der Waals surface area contributed by atoms with E-state index in [1.807, 2.05) is 0 Å². The maximum absolute atomic E-state index is 15.3. The number of benzene rings is 3. The molecule has 0 radical (unpaired) electrons. The lowest BCUT2D eigenvalue weighted by atomic mass is 10.0. The number of hydrogen-bond acceptors (Lipinski definition) is 11. The molecule has 19 heteroatoms. The first-order valence-electron chi connectivity index (χ1n) is 14.7. The number of carbonyl (C=O) groups is 2. The van der Waals surface area contributed by atoms with Gasteiger partial charge in [-0.2, -0.15) is 5.11 Å². The molecule has 1 heterocycles. The summed E-state index contributed by atoms with van der Waals surface area (Å²) in [5.41, 5.74) is 15.4. The van der Waals surface area contributed by atoms with Crippen molar-refractivity contribution in [3.63, 3.8) is 0 Å². The number of nitrogens with zero attached hydrogens (tertiary/aromatic N) is 3. The fraction of sp³-hybridized carbons (Fsp3) is 0.258. The number of carbonyl (C=O) groups excluding carboxylic acids is 2. The number of halogens is 1. The summed E-state index contributed by atoms with van der Waals surface area (Å²) < 4.78 is 49.3. The number of anilines is 1. The minimum atomic E-state index is -5.11. The lowest BCUT2D eigenvalue weighted by Crippen LogP contribution is -2.34. The first-order chi connectivity index (χ1) is 23.7. The summed E-state index contributed by atoms with van der Waals surface area (Å²) >= 11 is 5.52. The Balaban J connectivity index is 1.45. The minimum Gasteiger partial charge on any atom is -0.442 e. The average molecular weight is 747 g/mol. The SMILES string of the molecule is CC(=O)NC[C@H]1CN(c2ccc(-c3ccc(CN(C/C(=C/N)N=N)C(=S)Oc4ccc(CC(O)(P=O)P(=O)(O)O)cc4)cc3)c(F)c2)C(=O)O1. The fourth-order valence-corrected chi connectivity index (χ4v) is 6.11. The van der Waals surface area contributed by atoms with E-state index in [0.717, 1.165) is 11.8 Å². The minimum absolute atomic E-state index is 0.00272. The Bertz CT molecular complexity index is 1840. The number of amides is 2. The third-order valence-electron chi connectivity index (χ3n) is 7.49. The lowest BCUT2D eigenvalue weighted by molar-refractivity contribution is -0.119. The summed E-state index contributed by atoms with van der Waals surface area (Å²) in [6.07, 6.45) is -0.645. The first-order valence-corrected chi connectivity index (χ1v) is 17.6. The van der Waals surface area contributed by atoms with Crippen molar-refractivity contribution in [3.8, 4) is 16.9 Å². The standard InChI is InChI=1S/C31H33FN6O9P2S/c1-19(39)35-15-26-18-38(29(40)46-26)24-8-11-27(28(32)12-24)22-6-2-21(3-7-22)16-37(17-23(14-33)36-34)30(50)47-25-9-4-20(5-10-25)13-31(41,48-42)49(43,44)45/h2-12,14,26,34,41H,13,15-18,33H2,1H3,(H,35,39)(H2,43,44,45)/b23-14-,36-34?/t26-,31?/m0/s1. The molecule has 0 saturated carbocycles. The van der Waals surface area contributed by atoms with Crippen molar-refractivity contribution in [1.29, 1.82) is 5.53 Å². The van der Waals surface area contributed by atoms with Gasteiger partial charge in [0, 0.05) is 31.7 Å². The topological polar surface area (TPSA) is 228 Å². The zero-order valence-electron chi connectivity index (χ0n) is 26.4. The second-order valence-electron chi connectivity index (χ2n) is 11.1. The van der Waals surface area contributed by atoms with Crippen LogP contribution >= 0.6 is 28.3 Å². The molecular formula is C31H33FN6O9P2S. The van der Waals surface area contributed by atoms with E-state index in [2.05, 4.69) is 10.4 Å². The van der Waals surface area contributed by atoms with Gasteiger partial charge >= 0.3 is 13.7 Å². The summed E-state index contributed by atoms with van der Waals surface area (Å²) in [6, 6.07) is 17.0. The maximum atomic E-state index is 15.3. The molecule has 3 aromatic rings. The number of cyclic esters (lactones) is 1. The van der Waals surface area contributed by atoms with Crippen LogP contribution in [0.25, 0.3) is 11.1 Å². The molecular weight excluding hydrogens is 713 g/mol. The van der Waals surface area contributed by atoms with Gasteiger partial charge in [-0.3, -0.25) is 18.8 Å². The van der Waals surface area contributed by atoms with E-state index in [4.69, 9.17) is 33.0 Å². The van der Waals surface area contributed by atoms with Crippen LogP contribution in [0.4, 0.5) is 14.9 Å². The average Bonchev–Trinajstić information content (AvgIpc) is 3.46. The highest BCUT2D eigenvalue weighted by molar-refractivity contribution is 7.80. The van der Waals surface area contributed by atoms with E-state index < -0.39 is 45.6 Å². The van der Waals surface area contributed by atoms with Gasteiger partial charge in [-0.1, -0.05) is 36.4 Å². The fourth-order valence-electron chi connectivity index (χ4n) is 4.82. The highest BCUT2D eigenvalue weighted by Gasteiger charge is 2.46. The lowest BCUT2D eigenvalue weighted by Gasteiger charge is -2.25. The number of thiocarbonyl (C=S) groups is 1. The Hall–Kier alpha value is -4.63. The van der Waals surface area contributed by atoms with Gasteiger partial charge in [-0.15, -0.1) is 0 Å². The number of ether oxygens (including phenoxy) is 2. The van der Waals surface area contributed by atoms with E-state index in [1.54, 1.807) is 41.3 Å². The van der Waals surface area contributed by atoms with Crippen LogP contribution in [0.5, 0.6) is 5.75 Å². The second kappa shape index (κ2) is 16.4. The van der Waals surface area contributed by atoms with Gasteiger partial charge in [-0.05, 0) is 59.2 Å². The van der Waals surface area contributed by atoms with Crippen LogP contribution in [0.1, 0.15) is 18.1 Å². The Morgan fingerprint density at radius 3 is 2.46 bits per heavy atom. The van der Waals surface area contributed by atoms with Gasteiger partial charge in [-0.25, -0.2) is 14.7 Å². The smallest absolute Gasteiger partial charge is 0.414 e. The van der Waals surface area contributed by atoms with Gasteiger partial charge in [0.25, 0.3) is 5.17 Å². The van der Waals surface area contributed by atoms with Crippen molar-refractivity contribution < 1.29 is 47.5 Å². The molecule has 7 N–H and O–H groups in total. The Kier molecular flexibility index (Phi) is 12.5. The number of nitrogens with one attached hydrogen (secondary N) is 2. The van der Waals surface area contributed by atoms with Crippen LogP contribution in [-0.4, -0.2) is 67.8 Å². The van der Waals surface area contributed by atoms with E-state index >= 15 is 4.39 Å². The van der Waals surface area contributed by atoms with Crippen LogP contribution in [0.2, 0.25) is 0 Å². The number of rotatable bonds is 14. The molecule has 264 valence electrons. The maximum Gasteiger partial charge on any atom is 0.414 e. The summed E-state index contributed by atoms with van der Waals surface area (Å²) in [4.78, 5) is 45.1. The van der Waals surface area contributed by atoms with Gasteiger partial charge in [0.1, 0.15) is 17.7 Å². The van der Waals surface area contributed by atoms with E-state index in [1.165, 1.54) is 42.2 Å². The third-order valence-corrected chi connectivity index (χ3v) is 10.4. The quantitative estimate of drug-likeness (QED) is 0.0755.